The molecule has 33 heavy (non-hydrogen) atoms. The van der Waals surface area contributed by atoms with Crippen LogP contribution in [0.25, 0.3) is 0 Å². The zero-order chi connectivity index (χ0) is 24.4. The predicted molar refractivity (Wildman–Crippen MR) is 147 cm³/mol. The summed E-state index contributed by atoms with van der Waals surface area (Å²) in [5, 5.41) is 0. The molecule has 6 atom stereocenters. The SMILES string of the molecule is C[C@]12CC[C@@H]3c4ccc(O[Si](C)(C)C)cc4CC[C@H]3[C@@H]1[C@H](O[Si](C)(C)C)C[C@@H]2O[Si](C)(C)C. The van der Waals surface area contributed by atoms with E-state index in [0.29, 0.717) is 30.0 Å². The van der Waals surface area contributed by atoms with Gasteiger partial charge in [-0.1, -0.05) is 13.0 Å². The molecule has 0 unspecified atom stereocenters. The van der Waals surface area contributed by atoms with Gasteiger partial charge in [-0.2, -0.15) is 0 Å². The summed E-state index contributed by atoms with van der Waals surface area (Å²) in [6, 6.07) is 7.01. The van der Waals surface area contributed by atoms with Gasteiger partial charge in [0, 0.05) is 0 Å². The number of rotatable bonds is 6. The molecule has 0 bridgehead atoms. The average Bonchev–Trinajstić information content (AvgIpc) is 2.88. The van der Waals surface area contributed by atoms with E-state index < -0.39 is 25.0 Å². The van der Waals surface area contributed by atoms with Crippen LogP contribution in [0.15, 0.2) is 18.2 Å². The van der Waals surface area contributed by atoms with Crippen LogP contribution in [0.4, 0.5) is 0 Å². The Kier molecular flexibility index (Phi) is 6.70. The lowest BCUT2D eigenvalue weighted by atomic mass is 9.55. The monoisotopic (exact) mass is 504 g/mol. The second kappa shape index (κ2) is 8.61. The molecule has 2 saturated carbocycles. The third kappa shape index (κ3) is 5.55. The summed E-state index contributed by atoms with van der Waals surface area (Å²) in [5.74, 6) is 3.05. The summed E-state index contributed by atoms with van der Waals surface area (Å²) in [5.41, 5.74) is 3.37. The molecule has 3 nitrogen and oxygen atoms in total. The van der Waals surface area contributed by atoms with Crippen molar-refractivity contribution in [1.29, 1.82) is 0 Å². The Morgan fingerprint density at radius 2 is 1.52 bits per heavy atom. The van der Waals surface area contributed by atoms with Crippen LogP contribution in [-0.2, 0) is 15.3 Å². The number of fused-ring (bicyclic) bond motifs is 5. The maximum absolute atomic E-state index is 6.95. The van der Waals surface area contributed by atoms with Crippen molar-refractivity contribution in [3.63, 3.8) is 0 Å². The van der Waals surface area contributed by atoms with Crippen LogP contribution in [0.2, 0.25) is 58.9 Å². The van der Waals surface area contributed by atoms with E-state index in [-0.39, 0.29) is 5.41 Å². The molecular formula is C27H48O3Si3. The summed E-state index contributed by atoms with van der Waals surface area (Å²) in [7, 11) is -4.84. The normalized spacial score (nSPS) is 34.4. The molecule has 1 aromatic carbocycles. The van der Waals surface area contributed by atoms with Crippen LogP contribution in [0.5, 0.6) is 5.75 Å². The molecule has 0 radical (unpaired) electrons. The van der Waals surface area contributed by atoms with E-state index in [0.717, 1.165) is 12.2 Å². The molecule has 0 saturated heterocycles. The molecule has 0 heterocycles. The predicted octanol–water partition coefficient (Wildman–Crippen LogP) is 7.81. The minimum absolute atomic E-state index is 0.240. The van der Waals surface area contributed by atoms with Gasteiger partial charge in [0.15, 0.2) is 16.6 Å². The van der Waals surface area contributed by atoms with E-state index >= 15 is 0 Å². The Morgan fingerprint density at radius 3 is 2.12 bits per heavy atom. The van der Waals surface area contributed by atoms with Crippen molar-refractivity contribution >= 4 is 25.0 Å². The van der Waals surface area contributed by atoms with Crippen molar-refractivity contribution in [2.75, 3.05) is 0 Å². The highest BCUT2D eigenvalue weighted by Crippen LogP contribution is 2.62. The van der Waals surface area contributed by atoms with Crippen LogP contribution < -0.4 is 4.43 Å². The number of benzene rings is 1. The highest BCUT2D eigenvalue weighted by Gasteiger charge is 2.60. The van der Waals surface area contributed by atoms with Gasteiger partial charge in [0.25, 0.3) is 0 Å². The van der Waals surface area contributed by atoms with Gasteiger partial charge in [-0.3, -0.25) is 0 Å². The van der Waals surface area contributed by atoms with Gasteiger partial charge in [0.05, 0.1) is 12.2 Å². The molecule has 0 aliphatic heterocycles. The van der Waals surface area contributed by atoms with Crippen LogP contribution in [0, 0.1) is 17.3 Å². The maximum Gasteiger partial charge on any atom is 0.242 e. The molecule has 2 fully saturated rings. The largest absolute Gasteiger partial charge is 0.544 e. The smallest absolute Gasteiger partial charge is 0.242 e. The second-order valence-electron chi connectivity index (χ2n) is 14.2. The molecule has 6 heteroatoms. The number of hydrogen-bond acceptors (Lipinski definition) is 3. The molecule has 0 N–H and O–H groups in total. The number of aryl methyl sites for hydroxylation is 1. The van der Waals surface area contributed by atoms with Crippen molar-refractivity contribution < 1.29 is 13.3 Å². The Labute approximate surface area is 206 Å². The van der Waals surface area contributed by atoms with Gasteiger partial charge in [-0.05, 0) is 137 Å². The zero-order valence-electron chi connectivity index (χ0n) is 22.9. The Bertz CT molecular complexity index is 867. The Hall–Kier alpha value is -0.409. The van der Waals surface area contributed by atoms with Crippen molar-refractivity contribution in [3.8, 4) is 5.75 Å². The van der Waals surface area contributed by atoms with Crippen LogP contribution >= 0.6 is 0 Å². The van der Waals surface area contributed by atoms with Gasteiger partial charge in [-0.15, -0.1) is 0 Å². The lowest BCUT2D eigenvalue weighted by Crippen LogP contribution is -2.49. The van der Waals surface area contributed by atoms with E-state index in [1.807, 2.05) is 0 Å². The summed E-state index contributed by atoms with van der Waals surface area (Å²) in [6.45, 7) is 23.5. The van der Waals surface area contributed by atoms with Gasteiger partial charge in [-0.25, -0.2) is 0 Å². The van der Waals surface area contributed by atoms with E-state index in [9.17, 15) is 0 Å². The lowest BCUT2D eigenvalue weighted by molar-refractivity contribution is -0.0355. The first-order valence-corrected chi connectivity index (χ1v) is 23.5. The standard InChI is InChI=1S/C27H48O3Si3/c1-27-16-15-22-21-14-12-20(28-31(2,3)4)17-19(21)11-13-23(22)26(27)24(29-32(5,6)7)18-25(27)30-33(8,9)10/h12,14,17,22-26H,11,13,15-16,18H2,1-10H3/t22-,23-,24-,25+,26-,27-/m1/s1. The van der Waals surface area contributed by atoms with Crippen LogP contribution in [0.3, 0.4) is 0 Å². The topological polar surface area (TPSA) is 27.7 Å². The quantitative estimate of drug-likeness (QED) is 0.370. The van der Waals surface area contributed by atoms with Gasteiger partial charge in [0.2, 0.25) is 8.32 Å². The lowest BCUT2D eigenvalue weighted by Gasteiger charge is -2.52. The van der Waals surface area contributed by atoms with Crippen LogP contribution in [-0.4, -0.2) is 37.2 Å². The van der Waals surface area contributed by atoms with E-state index in [2.05, 4.69) is 84.0 Å². The molecule has 0 amide bonds. The average molecular weight is 505 g/mol. The molecule has 0 spiro atoms. The molecule has 1 aromatic rings. The fourth-order valence-electron chi connectivity index (χ4n) is 7.14. The van der Waals surface area contributed by atoms with E-state index in [1.165, 1.54) is 31.2 Å². The highest BCUT2D eigenvalue weighted by atomic mass is 28.4. The number of hydrogen-bond donors (Lipinski definition) is 0. The molecule has 4 rings (SSSR count). The van der Waals surface area contributed by atoms with E-state index in [1.54, 1.807) is 5.56 Å². The van der Waals surface area contributed by atoms with Crippen LogP contribution in [0.1, 0.15) is 49.7 Å². The molecule has 0 aromatic heterocycles. The fraction of sp³-hybridized carbons (Fsp3) is 0.778. The van der Waals surface area contributed by atoms with Crippen molar-refractivity contribution in [1.82, 2.24) is 0 Å². The van der Waals surface area contributed by atoms with E-state index in [4.69, 9.17) is 13.3 Å². The fourth-order valence-corrected chi connectivity index (χ4v) is 10.3. The first kappa shape index (κ1) is 25.7. The maximum atomic E-state index is 6.95. The third-order valence-corrected chi connectivity index (χ3v) is 10.9. The Morgan fingerprint density at radius 1 is 0.848 bits per heavy atom. The first-order valence-electron chi connectivity index (χ1n) is 13.2. The molecule has 186 valence electrons. The Balaban J connectivity index is 1.65. The van der Waals surface area contributed by atoms with Gasteiger partial charge in [0.1, 0.15) is 5.75 Å². The first-order chi connectivity index (χ1) is 15.1. The van der Waals surface area contributed by atoms with Gasteiger partial charge >= 0.3 is 0 Å². The summed E-state index contributed by atoms with van der Waals surface area (Å²) in [6.07, 6.45) is 6.78. The molecule has 3 aliphatic carbocycles. The van der Waals surface area contributed by atoms with Gasteiger partial charge < -0.3 is 13.3 Å². The molecule has 3 aliphatic rings. The minimum Gasteiger partial charge on any atom is -0.544 e. The minimum atomic E-state index is -1.64. The van der Waals surface area contributed by atoms with Crippen molar-refractivity contribution in [2.45, 2.75) is 116 Å². The van der Waals surface area contributed by atoms with Crippen molar-refractivity contribution in [2.24, 2.45) is 17.3 Å². The van der Waals surface area contributed by atoms with Crippen molar-refractivity contribution in [3.05, 3.63) is 29.3 Å². The summed E-state index contributed by atoms with van der Waals surface area (Å²) in [4.78, 5) is 0. The molecular weight excluding hydrogens is 457 g/mol. The summed E-state index contributed by atoms with van der Waals surface area (Å²) >= 11 is 0. The summed E-state index contributed by atoms with van der Waals surface area (Å²) < 4.78 is 20.2. The highest BCUT2D eigenvalue weighted by molar-refractivity contribution is 6.70. The third-order valence-electron chi connectivity index (χ3n) is 8.00. The second-order valence-corrected chi connectivity index (χ2v) is 27.5. The zero-order valence-corrected chi connectivity index (χ0v) is 25.9.